The van der Waals surface area contributed by atoms with Crippen molar-refractivity contribution in [2.45, 2.75) is 39.5 Å². The lowest BCUT2D eigenvalue weighted by Crippen LogP contribution is -2.51. The lowest BCUT2D eigenvalue weighted by molar-refractivity contribution is -0.384. The summed E-state index contributed by atoms with van der Waals surface area (Å²) in [7, 11) is 0. The summed E-state index contributed by atoms with van der Waals surface area (Å²) in [5.74, 6) is 0. The van der Waals surface area contributed by atoms with Gasteiger partial charge in [-0.2, -0.15) is 0 Å². The van der Waals surface area contributed by atoms with Crippen LogP contribution in [0.25, 0.3) is 0 Å². The molecule has 0 spiro atoms. The molecule has 0 radical (unpaired) electrons. The second-order valence-electron chi connectivity index (χ2n) is 8.60. The number of benzene rings is 2. The van der Waals surface area contributed by atoms with Crippen molar-refractivity contribution in [2.24, 2.45) is 0 Å². The Morgan fingerprint density at radius 3 is 2.42 bits per heavy atom. The Balaban J connectivity index is 1.50. The number of nitrogens with one attached hydrogen (secondary N) is 1. The third kappa shape index (κ3) is 6.42. The highest BCUT2D eigenvalue weighted by Gasteiger charge is 2.25. The predicted molar refractivity (Wildman–Crippen MR) is 120 cm³/mol. The third-order valence-electron chi connectivity index (χ3n) is 5.09. The third-order valence-corrected chi connectivity index (χ3v) is 5.09. The maximum Gasteiger partial charge on any atom is 0.317 e. The Bertz CT molecular complexity index is 918. The van der Waals surface area contributed by atoms with Crippen molar-refractivity contribution >= 4 is 17.4 Å². The van der Waals surface area contributed by atoms with Gasteiger partial charge in [0.05, 0.1) is 17.1 Å². The number of carbonyl (C=O) groups excluding carboxylic acids is 1. The van der Waals surface area contributed by atoms with Gasteiger partial charge in [-0.05, 0) is 38.0 Å². The molecule has 2 aromatic carbocycles. The smallest absolute Gasteiger partial charge is 0.317 e. The summed E-state index contributed by atoms with van der Waals surface area (Å²) in [5.41, 5.74) is 2.58. The molecule has 166 valence electrons. The highest BCUT2D eigenvalue weighted by Crippen LogP contribution is 2.28. The Kier molecular flexibility index (Phi) is 7.12. The Labute approximate surface area is 182 Å². The van der Waals surface area contributed by atoms with Crippen molar-refractivity contribution in [3.8, 4) is 0 Å². The second-order valence-corrected chi connectivity index (χ2v) is 8.60. The Hall–Kier alpha value is -3.13. The molecule has 1 aliphatic heterocycles. The SMILES string of the molecule is CC(C)(C)OCc1cccc(CNC(=O)N2CCN(c3ccccc3[N+](=O)[O-])CC2)c1. The first-order valence-corrected chi connectivity index (χ1v) is 10.5. The van der Waals surface area contributed by atoms with Crippen LogP contribution < -0.4 is 10.2 Å². The zero-order valence-electron chi connectivity index (χ0n) is 18.3. The molecule has 0 aromatic heterocycles. The summed E-state index contributed by atoms with van der Waals surface area (Å²) < 4.78 is 5.82. The first-order valence-electron chi connectivity index (χ1n) is 10.5. The topological polar surface area (TPSA) is 88.0 Å². The lowest BCUT2D eigenvalue weighted by Gasteiger charge is -2.35. The van der Waals surface area contributed by atoms with E-state index in [1.165, 1.54) is 6.07 Å². The Morgan fingerprint density at radius 1 is 1.06 bits per heavy atom. The second kappa shape index (κ2) is 9.78. The molecule has 2 aromatic rings. The van der Waals surface area contributed by atoms with E-state index in [0.29, 0.717) is 45.0 Å². The van der Waals surface area contributed by atoms with Crippen LogP contribution >= 0.6 is 0 Å². The van der Waals surface area contributed by atoms with E-state index >= 15 is 0 Å². The highest BCUT2D eigenvalue weighted by atomic mass is 16.6. The number of ether oxygens (including phenoxy) is 1. The molecule has 8 heteroatoms. The first-order chi connectivity index (χ1) is 14.7. The number of hydrogen-bond donors (Lipinski definition) is 1. The number of hydrogen-bond acceptors (Lipinski definition) is 5. The van der Waals surface area contributed by atoms with Crippen molar-refractivity contribution in [2.75, 3.05) is 31.1 Å². The molecule has 0 atom stereocenters. The van der Waals surface area contributed by atoms with Crippen LogP contribution in [0.4, 0.5) is 16.2 Å². The molecule has 2 amide bonds. The number of anilines is 1. The van der Waals surface area contributed by atoms with Crippen molar-refractivity contribution in [3.05, 3.63) is 69.8 Å². The summed E-state index contributed by atoms with van der Waals surface area (Å²) in [6.45, 7) is 9.16. The maximum atomic E-state index is 12.6. The number of urea groups is 1. The summed E-state index contributed by atoms with van der Waals surface area (Å²) in [6.07, 6.45) is 0. The molecule has 1 heterocycles. The summed E-state index contributed by atoms with van der Waals surface area (Å²) >= 11 is 0. The molecule has 0 aliphatic carbocycles. The largest absolute Gasteiger partial charge is 0.371 e. The van der Waals surface area contributed by atoms with Gasteiger partial charge in [0.2, 0.25) is 0 Å². The van der Waals surface area contributed by atoms with E-state index in [0.717, 1.165) is 11.1 Å². The number of nitro benzene ring substituents is 1. The fraction of sp³-hybridized carbons (Fsp3) is 0.435. The molecular formula is C23H30N4O4. The van der Waals surface area contributed by atoms with Gasteiger partial charge >= 0.3 is 6.03 Å². The standard InChI is InChI=1S/C23H30N4O4/c1-23(2,3)31-17-19-8-6-7-18(15-19)16-24-22(28)26-13-11-25(12-14-26)20-9-4-5-10-21(20)27(29)30/h4-10,15H,11-14,16-17H2,1-3H3,(H,24,28). The van der Waals surface area contributed by atoms with E-state index in [4.69, 9.17) is 4.74 Å². The van der Waals surface area contributed by atoms with E-state index in [-0.39, 0.29) is 22.2 Å². The van der Waals surface area contributed by atoms with Crippen LogP contribution in [-0.2, 0) is 17.9 Å². The lowest BCUT2D eigenvalue weighted by atomic mass is 10.1. The fourth-order valence-corrected chi connectivity index (χ4v) is 3.46. The van der Waals surface area contributed by atoms with E-state index in [1.54, 1.807) is 23.1 Å². The average molecular weight is 427 g/mol. The normalized spacial score (nSPS) is 14.4. The van der Waals surface area contributed by atoms with Crippen LogP contribution in [0.3, 0.4) is 0 Å². The molecule has 0 saturated carbocycles. The van der Waals surface area contributed by atoms with E-state index in [1.807, 2.05) is 49.9 Å². The van der Waals surface area contributed by atoms with Crippen molar-refractivity contribution < 1.29 is 14.5 Å². The molecule has 31 heavy (non-hydrogen) atoms. The fourth-order valence-electron chi connectivity index (χ4n) is 3.46. The summed E-state index contributed by atoms with van der Waals surface area (Å²) in [4.78, 5) is 27.2. The zero-order valence-corrected chi connectivity index (χ0v) is 18.3. The van der Waals surface area contributed by atoms with Crippen LogP contribution in [-0.4, -0.2) is 47.6 Å². The summed E-state index contributed by atoms with van der Waals surface area (Å²) in [5, 5.41) is 14.2. The molecule has 1 fully saturated rings. The number of nitro groups is 1. The highest BCUT2D eigenvalue weighted by molar-refractivity contribution is 5.75. The number of para-hydroxylation sites is 2. The van der Waals surface area contributed by atoms with Gasteiger partial charge in [0.25, 0.3) is 5.69 Å². The molecular weight excluding hydrogens is 396 g/mol. The van der Waals surface area contributed by atoms with Gasteiger partial charge in [-0.25, -0.2) is 4.79 Å². The molecule has 1 saturated heterocycles. The van der Waals surface area contributed by atoms with Crippen LogP contribution in [0.15, 0.2) is 48.5 Å². The predicted octanol–water partition coefficient (Wildman–Crippen LogP) is 3.94. The average Bonchev–Trinajstić information content (AvgIpc) is 2.76. The van der Waals surface area contributed by atoms with Gasteiger partial charge in [-0.1, -0.05) is 36.4 Å². The monoisotopic (exact) mass is 426 g/mol. The number of piperazine rings is 1. The molecule has 0 unspecified atom stereocenters. The minimum Gasteiger partial charge on any atom is -0.371 e. The molecule has 8 nitrogen and oxygen atoms in total. The van der Waals surface area contributed by atoms with E-state index in [2.05, 4.69) is 5.32 Å². The maximum absolute atomic E-state index is 12.6. The van der Waals surface area contributed by atoms with Crippen LogP contribution in [0.1, 0.15) is 31.9 Å². The van der Waals surface area contributed by atoms with Crippen LogP contribution in [0.2, 0.25) is 0 Å². The van der Waals surface area contributed by atoms with Gasteiger partial charge in [0.1, 0.15) is 5.69 Å². The number of nitrogens with zero attached hydrogens (tertiary/aromatic N) is 3. The quantitative estimate of drug-likeness (QED) is 0.558. The van der Waals surface area contributed by atoms with Crippen molar-refractivity contribution in [1.82, 2.24) is 10.2 Å². The molecule has 3 rings (SSSR count). The van der Waals surface area contributed by atoms with Crippen LogP contribution in [0, 0.1) is 10.1 Å². The molecule has 1 N–H and O–H groups in total. The zero-order chi connectivity index (χ0) is 22.4. The van der Waals surface area contributed by atoms with Crippen LogP contribution in [0.5, 0.6) is 0 Å². The van der Waals surface area contributed by atoms with Crippen molar-refractivity contribution in [3.63, 3.8) is 0 Å². The number of amides is 2. The van der Waals surface area contributed by atoms with E-state index in [9.17, 15) is 14.9 Å². The minimum atomic E-state index is -0.366. The molecule has 1 aliphatic rings. The van der Waals surface area contributed by atoms with Gasteiger partial charge in [0.15, 0.2) is 0 Å². The van der Waals surface area contributed by atoms with Crippen molar-refractivity contribution in [1.29, 1.82) is 0 Å². The molecule has 0 bridgehead atoms. The van der Waals surface area contributed by atoms with Gasteiger partial charge in [0, 0.05) is 38.8 Å². The van der Waals surface area contributed by atoms with Gasteiger partial charge in [-0.15, -0.1) is 0 Å². The van der Waals surface area contributed by atoms with E-state index < -0.39 is 0 Å². The Morgan fingerprint density at radius 2 is 1.74 bits per heavy atom. The first kappa shape index (κ1) is 22.6. The number of rotatable bonds is 6. The van der Waals surface area contributed by atoms with Gasteiger partial charge in [-0.3, -0.25) is 10.1 Å². The number of carbonyl (C=O) groups is 1. The van der Waals surface area contributed by atoms with Gasteiger partial charge < -0.3 is 19.9 Å². The summed E-state index contributed by atoms with van der Waals surface area (Å²) in [6, 6.07) is 14.6. The minimum absolute atomic E-state index is 0.0933.